The van der Waals surface area contributed by atoms with Crippen LogP contribution in [0, 0.1) is 5.92 Å². The number of carbonyl (C=O) groups excluding carboxylic acids is 1. The van der Waals surface area contributed by atoms with Gasteiger partial charge in [-0.25, -0.2) is 0 Å². The minimum Gasteiger partial charge on any atom is -0.303 e. The maximum Gasteiger partial charge on any atom is 0.121 e. The average Bonchev–Trinajstić information content (AvgIpc) is 2.60. The predicted molar refractivity (Wildman–Crippen MR) is 43.4 cm³/mol. The highest BCUT2D eigenvalue weighted by molar-refractivity contribution is 5.49. The van der Waals surface area contributed by atoms with E-state index in [9.17, 15) is 4.79 Å². The summed E-state index contributed by atoms with van der Waals surface area (Å²) in [6.07, 6.45) is 5.97. The minimum absolute atomic E-state index is 0.725. The van der Waals surface area contributed by atoms with Crippen LogP contribution in [0.15, 0.2) is 0 Å². The molecule has 0 aromatic rings. The van der Waals surface area contributed by atoms with Crippen molar-refractivity contribution in [1.29, 1.82) is 0 Å². The minimum atomic E-state index is 0.725. The van der Waals surface area contributed by atoms with Crippen molar-refractivity contribution in [2.45, 2.75) is 31.7 Å². The summed E-state index contributed by atoms with van der Waals surface area (Å²) in [5, 5.41) is 0. The molecule has 1 heterocycles. The van der Waals surface area contributed by atoms with E-state index in [1.54, 1.807) is 0 Å². The number of hydrogen-bond acceptors (Lipinski definition) is 2. The molecule has 2 fully saturated rings. The highest BCUT2D eigenvalue weighted by atomic mass is 16.1. The van der Waals surface area contributed by atoms with Gasteiger partial charge in [0, 0.05) is 25.6 Å². The maximum absolute atomic E-state index is 10.1. The zero-order valence-electron chi connectivity index (χ0n) is 6.83. The van der Waals surface area contributed by atoms with Gasteiger partial charge in [0.1, 0.15) is 6.29 Å². The molecule has 2 heteroatoms. The van der Waals surface area contributed by atoms with Crippen LogP contribution in [0.1, 0.15) is 25.7 Å². The number of hydrogen-bond donors (Lipinski definition) is 0. The van der Waals surface area contributed by atoms with Gasteiger partial charge >= 0.3 is 0 Å². The van der Waals surface area contributed by atoms with Gasteiger partial charge in [-0.1, -0.05) is 0 Å². The Labute approximate surface area is 67.6 Å². The van der Waals surface area contributed by atoms with E-state index in [0.717, 1.165) is 31.2 Å². The Morgan fingerprint density at radius 3 is 2.91 bits per heavy atom. The summed E-state index contributed by atoms with van der Waals surface area (Å²) in [6.45, 7) is 2.27. The van der Waals surface area contributed by atoms with Gasteiger partial charge in [-0.2, -0.15) is 0 Å². The van der Waals surface area contributed by atoms with Crippen LogP contribution >= 0.6 is 0 Å². The molecule has 2 bridgehead atoms. The lowest BCUT2D eigenvalue weighted by molar-refractivity contribution is -0.108. The molecule has 2 rings (SSSR count). The van der Waals surface area contributed by atoms with Gasteiger partial charge < -0.3 is 4.79 Å². The number of nitrogens with zero attached hydrogens (tertiary/aromatic N) is 1. The summed E-state index contributed by atoms with van der Waals surface area (Å²) in [7, 11) is 0. The first-order valence-electron chi connectivity index (χ1n) is 4.58. The SMILES string of the molecule is O=CCCN1CC2CCC1C2. The molecule has 1 saturated carbocycles. The van der Waals surface area contributed by atoms with Crippen molar-refractivity contribution < 1.29 is 4.79 Å². The quantitative estimate of drug-likeness (QED) is 0.565. The summed E-state index contributed by atoms with van der Waals surface area (Å²) in [5.41, 5.74) is 0. The Bertz CT molecular complexity index is 158. The fraction of sp³-hybridized carbons (Fsp3) is 0.889. The second-order valence-corrected chi connectivity index (χ2v) is 3.78. The third-order valence-corrected chi connectivity index (χ3v) is 3.06. The van der Waals surface area contributed by atoms with E-state index >= 15 is 0 Å². The van der Waals surface area contributed by atoms with E-state index in [1.165, 1.54) is 25.8 Å². The van der Waals surface area contributed by atoms with Gasteiger partial charge in [-0.05, 0) is 25.2 Å². The Hall–Kier alpha value is -0.370. The lowest BCUT2D eigenvalue weighted by atomic mass is 10.1. The molecule has 0 amide bonds. The first-order chi connectivity index (χ1) is 5.40. The summed E-state index contributed by atoms with van der Waals surface area (Å²) < 4.78 is 0. The molecular formula is C9H15NO. The van der Waals surface area contributed by atoms with Crippen molar-refractivity contribution in [3.8, 4) is 0 Å². The van der Waals surface area contributed by atoms with E-state index in [0.29, 0.717) is 0 Å². The second-order valence-electron chi connectivity index (χ2n) is 3.78. The van der Waals surface area contributed by atoms with Gasteiger partial charge in [-0.15, -0.1) is 0 Å². The van der Waals surface area contributed by atoms with Crippen molar-refractivity contribution in [1.82, 2.24) is 4.90 Å². The fourth-order valence-corrected chi connectivity index (χ4v) is 2.52. The molecule has 1 aliphatic carbocycles. The Balaban J connectivity index is 1.83. The van der Waals surface area contributed by atoms with E-state index < -0.39 is 0 Å². The van der Waals surface area contributed by atoms with Crippen LogP contribution in [0.4, 0.5) is 0 Å². The van der Waals surface area contributed by atoms with Crippen LogP contribution in [-0.2, 0) is 4.79 Å². The van der Waals surface area contributed by atoms with Crippen LogP contribution in [0.5, 0.6) is 0 Å². The first kappa shape index (κ1) is 7.29. The number of carbonyl (C=O) groups is 1. The van der Waals surface area contributed by atoms with Crippen molar-refractivity contribution in [2.24, 2.45) is 5.92 Å². The van der Waals surface area contributed by atoms with Gasteiger partial charge in [0.15, 0.2) is 0 Å². The molecule has 0 radical (unpaired) electrons. The molecule has 2 unspecified atom stereocenters. The van der Waals surface area contributed by atoms with E-state index in [4.69, 9.17) is 0 Å². The molecule has 11 heavy (non-hydrogen) atoms. The van der Waals surface area contributed by atoms with E-state index in [-0.39, 0.29) is 0 Å². The average molecular weight is 153 g/mol. The van der Waals surface area contributed by atoms with Crippen molar-refractivity contribution >= 4 is 6.29 Å². The van der Waals surface area contributed by atoms with Gasteiger partial charge in [0.25, 0.3) is 0 Å². The lowest BCUT2D eigenvalue weighted by Crippen LogP contribution is -2.32. The molecule has 0 spiro atoms. The van der Waals surface area contributed by atoms with Crippen LogP contribution < -0.4 is 0 Å². The smallest absolute Gasteiger partial charge is 0.121 e. The largest absolute Gasteiger partial charge is 0.303 e. The lowest BCUT2D eigenvalue weighted by Gasteiger charge is -2.25. The third-order valence-electron chi connectivity index (χ3n) is 3.06. The highest BCUT2D eigenvalue weighted by Crippen LogP contribution is 2.36. The Morgan fingerprint density at radius 2 is 2.36 bits per heavy atom. The third kappa shape index (κ3) is 1.32. The number of aldehydes is 1. The monoisotopic (exact) mass is 153 g/mol. The Morgan fingerprint density at radius 1 is 1.45 bits per heavy atom. The summed E-state index contributed by atoms with van der Waals surface area (Å²) in [6, 6.07) is 0.833. The maximum atomic E-state index is 10.1. The van der Waals surface area contributed by atoms with Crippen LogP contribution in [0.3, 0.4) is 0 Å². The molecule has 0 aromatic heterocycles. The molecule has 2 aliphatic rings. The number of likely N-dealkylation sites (tertiary alicyclic amines) is 1. The van der Waals surface area contributed by atoms with Crippen LogP contribution in [-0.4, -0.2) is 30.3 Å². The van der Waals surface area contributed by atoms with Crippen molar-refractivity contribution in [3.05, 3.63) is 0 Å². The number of piperidine rings is 1. The second kappa shape index (κ2) is 2.94. The predicted octanol–water partition coefficient (Wildman–Crippen LogP) is 1.06. The molecule has 0 aromatic carbocycles. The summed E-state index contributed by atoms with van der Waals surface area (Å²) >= 11 is 0. The zero-order valence-corrected chi connectivity index (χ0v) is 6.83. The molecule has 0 N–H and O–H groups in total. The fourth-order valence-electron chi connectivity index (χ4n) is 2.52. The first-order valence-corrected chi connectivity index (χ1v) is 4.58. The topological polar surface area (TPSA) is 20.3 Å². The van der Waals surface area contributed by atoms with E-state index in [2.05, 4.69) is 4.90 Å². The van der Waals surface area contributed by atoms with Gasteiger partial charge in [0.2, 0.25) is 0 Å². The highest BCUT2D eigenvalue weighted by Gasteiger charge is 2.36. The summed E-state index contributed by atoms with van der Waals surface area (Å²) in [4.78, 5) is 12.6. The van der Waals surface area contributed by atoms with Gasteiger partial charge in [-0.3, -0.25) is 4.90 Å². The number of fused-ring (bicyclic) bond motifs is 2. The zero-order chi connectivity index (χ0) is 7.68. The molecule has 62 valence electrons. The normalized spacial score (nSPS) is 36.4. The standard InChI is InChI=1S/C9H15NO/c11-5-1-4-10-7-8-2-3-9(10)6-8/h5,8-9H,1-4,6-7H2. The molecule has 1 saturated heterocycles. The molecule has 1 aliphatic heterocycles. The van der Waals surface area contributed by atoms with Gasteiger partial charge in [0.05, 0.1) is 0 Å². The van der Waals surface area contributed by atoms with E-state index in [1.807, 2.05) is 0 Å². The van der Waals surface area contributed by atoms with Crippen LogP contribution in [0.2, 0.25) is 0 Å². The number of rotatable bonds is 3. The van der Waals surface area contributed by atoms with Crippen molar-refractivity contribution in [3.63, 3.8) is 0 Å². The van der Waals surface area contributed by atoms with Crippen LogP contribution in [0.25, 0.3) is 0 Å². The Kier molecular flexibility index (Phi) is 1.95. The summed E-state index contributed by atoms with van der Waals surface area (Å²) in [5.74, 6) is 0.964. The van der Waals surface area contributed by atoms with Crippen molar-refractivity contribution in [2.75, 3.05) is 13.1 Å². The molecule has 2 atom stereocenters. The molecule has 2 nitrogen and oxygen atoms in total. The molecular weight excluding hydrogens is 138 g/mol.